The SMILES string of the molecule is Cc1ccc(OCCCn2c([C@@H]3CC(=O)N(C(C)(C)C)C3)nc3ccccc32)cc1C. The van der Waals surface area contributed by atoms with Crippen molar-refractivity contribution in [2.75, 3.05) is 13.2 Å². The van der Waals surface area contributed by atoms with E-state index in [1.807, 2.05) is 17.0 Å². The van der Waals surface area contributed by atoms with Gasteiger partial charge in [0.05, 0.1) is 17.6 Å². The van der Waals surface area contributed by atoms with Crippen LogP contribution in [-0.2, 0) is 11.3 Å². The molecule has 1 saturated heterocycles. The number of hydrogen-bond acceptors (Lipinski definition) is 3. The van der Waals surface area contributed by atoms with Gasteiger partial charge in [-0.1, -0.05) is 18.2 Å². The zero-order chi connectivity index (χ0) is 22.2. The molecule has 3 aromatic rings. The number of para-hydroxylation sites is 2. The Hall–Kier alpha value is -2.82. The molecule has 1 aliphatic heterocycles. The summed E-state index contributed by atoms with van der Waals surface area (Å²) in [7, 11) is 0. The van der Waals surface area contributed by atoms with E-state index in [-0.39, 0.29) is 17.4 Å². The minimum Gasteiger partial charge on any atom is -0.494 e. The van der Waals surface area contributed by atoms with Crippen LogP contribution in [0.1, 0.15) is 56.5 Å². The van der Waals surface area contributed by atoms with E-state index < -0.39 is 0 Å². The summed E-state index contributed by atoms with van der Waals surface area (Å²) in [6.07, 6.45) is 1.41. The lowest BCUT2D eigenvalue weighted by Gasteiger charge is -2.32. The maximum absolute atomic E-state index is 12.7. The largest absolute Gasteiger partial charge is 0.494 e. The van der Waals surface area contributed by atoms with Crippen LogP contribution in [0.3, 0.4) is 0 Å². The number of hydrogen-bond donors (Lipinski definition) is 0. The standard InChI is InChI=1S/C26H33N3O2/c1-18-11-12-21(15-19(18)2)31-14-8-13-28-23-10-7-6-9-22(23)27-25(28)20-16-24(30)29(17-20)26(3,4)5/h6-7,9-12,15,20H,8,13-14,16-17H2,1-5H3/t20-/m1/s1. The fourth-order valence-electron chi connectivity index (χ4n) is 4.39. The zero-order valence-corrected chi connectivity index (χ0v) is 19.3. The van der Waals surface area contributed by atoms with Crippen molar-refractivity contribution < 1.29 is 9.53 Å². The van der Waals surface area contributed by atoms with E-state index >= 15 is 0 Å². The van der Waals surface area contributed by atoms with Crippen LogP contribution in [0.2, 0.25) is 0 Å². The predicted octanol–water partition coefficient (Wildman–Crippen LogP) is 5.24. The first-order chi connectivity index (χ1) is 14.7. The first kappa shape index (κ1) is 21.4. The second-order valence-corrected chi connectivity index (χ2v) is 9.63. The van der Waals surface area contributed by atoms with E-state index in [0.29, 0.717) is 13.0 Å². The molecule has 1 aliphatic rings. The van der Waals surface area contributed by atoms with Crippen LogP contribution < -0.4 is 4.74 Å². The van der Waals surface area contributed by atoms with E-state index in [1.165, 1.54) is 11.1 Å². The Morgan fingerprint density at radius 3 is 2.58 bits per heavy atom. The third-order valence-electron chi connectivity index (χ3n) is 6.26. The summed E-state index contributed by atoms with van der Waals surface area (Å²) in [5, 5.41) is 0. The summed E-state index contributed by atoms with van der Waals surface area (Å²) >= 11 is 0. The van der Waals surface area contributed by atoms with Crippen molar-refractivity contribution in [3.8, 4) is 5.75 Å². The Morgan fingerprint density at radius 2 is 1.87 bits per heavy atom. The monoisotopic (exact) mass is 419 g/mol. The number of benzene rings is 2. The van der Waals surface area contributed by atoms with Gasteiger partial charge in [0.25, 0.3) is 0 Å². The van der Waals surface area contributed by atoms with Crippen molar-refractivity contribution in [1.29, 1.82) is 0 Å². The van der Waals surface area contributed by atoms with Crippen LogP contribution in [0.15, 0.2) is 42.5 Å². The number of ether oxygens (including phenoxy) is 1. The fourth-order valence-corrected chi connectivity index (χ4v) is 4.39. The van der Waals surface area contributed by atoms with Gasteiger partial charge in [0, 0.05) is 31.0 Å². The molecule has 1 aromatic heterocycles. The van der Waals surface area contributed by atoms with E-state index in [1.54, 1.807) is 0 Å². The van der Waals surface area contributed by atoms with Crippen molar-refractivity contribution in [3.05, 3.63) is 59.4 Å². The van der Waals surface area contributed by atoms with E-state index in [2.05, 4.69) is 69.5 Å². The first-order valence-corrected chi connectivity index (χ1v) is 11.2. The van der Waals surface area contributed by atoms with Crippen LogP contribution in [0, 0.1) is 13.8 Å². The predicted molar refractivity (Wildman–Crippen MR) is 125 cm³/mol. The summed E-state index contributed by atoms with van der Waals surface area (Å²) in [4.78, 5) is 19.6. The molecule has 31 heavy (non-hydrogen) atoms. The molecule has 1 amide bonds. The number of carbonyl (C=O) groups excluding carboxylic acids is 1. The van der Waals surface area contributed by atoms with Crippen molar-refractivity contribution in [3.63, 3.8) is 0 Å². The summed E-state index contributed by atoms with van der Waals surface area (Å²) in [6.45, 7) is 12.7. The molecule has 2 heterocycles. The van der Waals surface area contributed by atoms with Crippen LogP contribution in [0.4, 0.5) is 0 Å². The highest BCUT2D eigenvalue weighted by Crippen LogP contribution is 2.34. The lowest BCUT2D eigenvalue weighted by molar-refractivity contribution is -0.131. The molecule has 0 unspecified atom stereocenters. The summed E-state index contributed by atoms with van der Waals surface area (Å²) < 4.78 is 8.30. The molecule has 0 saturated carbocycles. The van der Waals surface area contributed by atoms with Crippen molar-refractivity contribution in [2.45, 2.75) is 65.5 Å². The molecule has 164 valence electrons. The highest BCUT2D eigenvalue weighted by atomic mass is 16.5. The van der Waals surface area contributed by atoms with Crippen molar-refractivity contribution in [1.82, 2.24) is 14.5 Å². The Morgan fingerprint density at radius 1 is 1.10 bits per heavy atom. The number of aromatic nitrogens is 2. The third kappa shape index (κ3) is 4.46. The normalized spacial score (nSPS) is 17.0. The Balaban J connectivity index is 1.50. The Labute approximate surface area is 185 Å². The minimum absolute atomic E-state index is 0.125. The number of likely N-dealkylation sites (tertiary alicyclic amines) is 1. The highest BCUT2D eigenvalue weighted by Gasteiger charge is 2.38. The van der Waals surface area contributed by atoms with Gasteiger partial charge >= 0.3 is 0 Å². The van der Waals surface area contributed by atoms with Crippen molar-refractivity contribution >= 4 is 16.9 Å². The van der Waals surface area contributed by atoms with Gasteiger partial charge < -0.3 is 14.2 Å². The van der Waals surface area contributed by atoms with Crippen LogP contribution in [-0.4, -0.2) is 39.0 Å². The molecule has 0 spiro atoms. The summed E-state index contributed by atoms with van der Waals surface area (Å²) in [5.74, 6) is 2.28. The zero-order valence-electron chi connectivity index (χ0n) is 19.3. The minimum atomic E-state index is -0.164. The molecule has 0 radical (unpaired) electrons. The van der Waals surface area contributed by atoms with E-state index in [9.17, 15) is 4.79 Å². The second kappa shape index (κ2) is 8.37. The molecule has 4 rings (SSSR count). The molecule has 0 aliphatic carbocycles. The van der Waals surface area contributed by atoms with Gasteiger partial charge in [-0.25, -0.2) is 4.98 Å². The Bertz CT molecular complexity index is 1090. The number of amides is 1. The fraction of sp³-hybridized carbons (Fsp3) is 0.462. The molecule has 5 nitrogen and oxygen atoms in total. The average molecular weight is 420 g/mol. The quantitative estimate of drug-likeness (QED) is 0.514. The van der Waals surface area contributed by atoms with E-state index in [4.69, 9.17) is 9.72 Å². The number of rotatable bonds is 6. The number of aryl methyl sites for hydroxylation is 3. The summed E-state index contributed by atoms with van der Waals surface area (Å²) in [5.41, 5.74) is 4.48. The van der Waals surface area contributed by atoms with Gasteiger partial charge in [-0.3, -0.25) is 4.79 Å². The molecule has 2 aromatic carbocycles. The molecule has 5 heteroatoms. The number of nitrogens with zero attached hydrogens (tertiary/aromatic N) is 3. The van der Waals surface area contributed by atoms with Gasteiger partial charge in [-0.2, -0.15) is 0 Å². The van der Waals surface area contributed by atoms with Gasteiger partial charge in [-0.15, -0.1) is 0 Å². The number of carbonyl (C=O) groups is 1. The van der Waals surface area contributed by atoms with Gasteiger partial charge in [0.1, 0.15) is 11.6 Å². The Kier molecular flexibility index (Phi) is 5.78. The van der Waals surface area contributed by atoms with Crippen LogP contribution in [0.5, 0.6) is 5.75 Å². The van der Waals surface area contributed by atoms with Gasteiger partial charge in [0.2, 0.25) is 5.91 Å². The molecular weight excluding hydrogens is 386 g/mol. The molecule has 0 N–H and O–H groups in total. The molecule has 1 fully saturated rings. The molecular formula is C26H33N3O2. The van der Waals surface area contributed by atoms with Crippen LogP contribution in [0.25, 0.3) is 11.0 Å². The van der Waals surface area contributed by atoms with Crippen LogP contribution >= 0.6 is 0 Å². The maximum atomic E-state index is 12.7. The smallest absolute Gasteiger partial charge is 0.223 e. The summed E-state index contributed by atoms with van der Waals surface area (Å²) in [6, 6.07) is 14.5. The lowest BCUT2D eigenvalue weighted by Crippen LogP contribution is -2.42. The average Bonchev–Trinajstić information content (AvgIpc) is 3.28. The first-order valence-electron chi connectivity index (χ1n) is 11.2. The number of fused-ring (bicyclic) bond motifs is 1. The molecule has 1 atom stereocenters. The van der Waals surface area contributed by atoms with E-state index in [0.717, 1.165) is 42.1 Å². The highest BCUT2D eigenvalue weighted by molar-refractivity contribution is 5.81. The van der Waals surface area contributed by atoms with Gasteiger partial charge in [-0.05, 0) is 76.4 Å². The van der Waals surface area contributed by atoms with Gasteiger partial charge in [0.15, 0.2) is 0 Å². The van der Waals surface area contributed by atoms with Crippen molar-refractivity contribution in [2.24, 2.45) is 0 Å². The topological polar surface area (TPSA) is 47.4 Å². The number of imidazole rings is 1. The third-order valence-corrected chi connectivity index (χ3v) is 6.26. The lowest BCUT2D eigenvalue weighted by atomic mass is 10.1. The maximum Gasteiger partial charge on any atom is 0.223 e. The second-order valence-electron chi connectivity index (χ2n) is 9.63. The molecule has 0 bridgehead atoms.